The van der Waals surface area contributed by atoms with Crippen molar-refractivity contribution in [2.45, 2.75) is 19.7 Å². The van der Waals surface area contributed by atoms with Crippen molar-refractivity contribution in [1.29, 1.82) is 0 Å². The van der Waals surface area contributed by atoms with E-state index in [2.05, 4.69) is 10.6 Å². The molecule has 0 unspecified atom stereocenters. The van der Waals surface area contributed by atoms with Crippen LogP contribution in [0.2, 0.25) is 10.0 Å². The first-order valence-corrected chi connectivity index (χ1v) is 7.49. The quantitative estimate of drug-likeness (QED) is 0.778. The average Bonchev–Trinajstić information content (AvgIpc) is 2.49. The standard InChI is InChI=1S/C16H16Cl2N2O2/c1-11(19-15-8-7-13(17)9-14(15)18)20-16(21)22-10-12-5-3-2-4-6-12/h2-9,11,19H,10H2,1H3,(H,20,21)/t11-/m0/s1. The van der Waals surface area contributed by atoms with Crippen molar-refractivity contribution in [2.75, 3.05) is 5.32 Å². The highest BCUT2D eigenvalue weighted by Gasteiger charge is 2.10. The minimum absolute atomic E-state index is 0.223. The van der Waals surface area contributed by atoms with E-state index in [9.17, 15) is 4.79 Å². The second kappa shape index (κ2) is 7.92. The number of hydrogen-bond acceptors (Lipinski definition) is 3. The Balaban J connectivity index is 1.81. The van der Waals surface area contributed by atoms with Gasteiger partial charge in [-0.3, -0.25) is 0 Å². The summed E-state index contributed by atoms with van der Waals surface area (Å²) >= 11 is 11.9. The lowest BCUT2D eigenvalue weighted by Gasteiger charge is -2.18. The third kappa shape index (κ3) is 5.13. The van der Waals surface area contributed by atoms with Crippen molar-refractivity contribution >= 4 is 35.0 Å². The van der Waals surface area contributed by atoms with Gasteiger partial charge >= 0.3 is 6.09 Å². The number of carbonyl (C=O) groups excluding carboxylic acids is 1. The molecule has 0 aromatic heterocycles. The SMILES string of the molecule is C[C@H](NC(=O)OCc1ccccc1)Nc1ccc(Cl)cc1Cl. The number of ether oxygens (including phenoxy) is 1. The molecule has 2 aromatic carbocycles. The van der Waals surface area contributed by atoms with Gasteiger partial charge in [-0.1, -0.05) is 53.5 Å². The first kappa shape index (κ1) is 16.5. The summed E-state index contributed by atoms with van der Waals surface area (Å²) in [6.07, 6.45) is -0.851. The first-order chi connectivity index (χ1) is 10.5. The molecule has 0 aliphatic heterocycles. The van der Waals surface area contributed by atoms with Crippen molar-refractivity contribution in [3.63, 3.8) is 0 Å². The molecule has 0 heterocycles. The fourth-order valence-electron chi connectivity index (χ4n) is 1.82. The molecule has 4 nitrogen and oxygen atoms in total. The second-order valence-corrected chi connectivity index (χ2v) is 5.54. The highest BCUT2D eigenvalue weighted by molar-refractivity contribution is 6.36. The lowest BCUT2D eigenvalue weighted by molar-refractivity contribution is 0.137. The van der Waals surface area contributed by atoms with Crippen molar-refractivity contribution in [3.05, 3.63) is 64.1 Å². The van der Waals surface area contributed by atoms with Gasteiger partial charge in [-0.2, -0.15) is 0 Å². The van der Waals surface area contributed by atoms with Crippen LogP contribution < -0.4 is 10.6 Å². The van der Waals surface area contributed by atoms with Gasteiger partial charge in [-0.25, -0.2) is 4.79 Å². The molecule has 1 amide bonds. The maximum atomic E-state index is 11.7. The van der Waals surface area contributed by atoms with E-state index in [-0.39, 0.29) is 12.8 Å². The Morgan fingerprint density at radius 3 is 2.59 bits per heavy atom. The third-order valence-electron chi connectivity index (χ3n) is 2.85. The molecule has 116 valence electrons. The van der Waals surface area contributed by atoms with E-state index in [4.69, 9.17) is 27.9 Å². The third-order valence-corrected chi connectivity index (χ3v) is 3.40. The highest BCUT2D eigenvalue weighted by atomic mass is 35.5. The lowest BCUT2D eigenvalue weighted by atomic mass is 10.2. The topological polar surface area (TPSA) is 50.4 Å². The molecule has 0 aliphatic rings. The molecule has 0 radical (unpaired) electrons. The summed E-state index contributed by atoms with van der Waals surface area (Å²) in [7, 11) is 0. The number of benzene rings is 2. The molecule has 0 aliphatic carbocycles. The minimum atomic E-state index is -0.506. The second-order valence-electron chi connectivity index (χ2n) is 4.70. The summed E-state index contributed by atoms with van der Waals surface area (Å²) in [5.41, 5.74) is 1.61. The summed E-state index contributed by atoms with van der Waals surface area (Å²) < 4.78 is 5.14. The number of anilines is 1. The van der Waals surface area contributed by atoms with Crippen LogP contribution in [0, 0.1) is 0 Å². The number of rotatable bonds is 5. The molecule has 0 saturated carbocycles. The van der Waals surface area contributed by atoms with Crippen LogP contribution in [0.4, 0.5) is 10.5 Å². The summed E-state index contributed by atoms with van der Waals surface area (Å²) in [5, 5.41) is 6.78. The molecule has 0 saturated heterocycles. The molecule has 2 N–H and O–H groups in total. The van der Waals surface area contributed by atoms with Crippen molar-refractivity contribution in [3.8, 4) is 0 Å². The molecule has 6 heteroatoms. The molecule has 0 bridgehead atoms. The van der Waals surface area contributed by atoms with Crippen molar-refractivity contribution < 1.29 is 9.53 Å². The maximum Gasteiger partial charge on any atom is 0.409 e. The minimum Gasteiger partial charge on any atom is -0.445 e. The smallest absolute Gasteiger partial charge is 0.409 e. The van der Waals surface area contributed by atoms with E-state index in [1.165, 1.54) is 0 Å². The van der Waals surface area contributed by atoms with Crippen molar-refractivity contribution in [1.82, 2.24) is 5.32 Å². The van der Waals surface area contributed by atoms with Gasteiger partial charge in [0, 0.05) is 5.02 Å². The van der Waals surface area contributed by atoms with E-state index in [1.807, 2.05) is 30.3 Å². The largest absolute Gasteiger partial charge is 0.445 e. The number of alkyl carbamates (subject to hydrolysis) is 1. The van der Waals surface area contributed by atoms with E-state index in [0.717, 1.165) is 5.56 Å². The van der Waals surface area contributed by atoms with Crippen LogP contribution in [0.15, 0.2) is 48.5 Å². The van der Waals surface area contributed by atoms with Gasteiger partial charge in [-0.15, -0.1) is 0 Å². The van der Waals surface area contributed by atoms with Gasteiger partial charge in [0.05, 0.1) is 16.9 Å². The van der Waals surface area contributed by atoms with Gasteiger partial charge in [-0.05, 0) is 30.7 Å². The summed E-state index contributed by atoms with van der Waals surface area (Å²) in [6, 6.07) is 14.6. The van der Waals surface area contributed by atoms with Gasteiger partial charge in [0.25, 0.3) is 0 Å². The molecule has 22 heavy (non-hydrogen) atoms. The maximum absolute atomic E-state index is 11.7. The van der Waals surface area contributed by atoms with E-state index >= 15 is 0 Å². The molecule has 2 rings (SSSR count). The fourth-order valence-corrected chi connectivity index (χ4v) is 2.28. The van der Waals surface area contributed by atoms with Crippen LogP contribution in [0.3, 0.4) is 0 Å². The van der Waals surface area contributed by atoms with Gasteiger partial charge in [0.2, 0.25) is 0 Å². The monoisotopic (exact) mass is 338 g/mol. The Kier molecular flexibility index (Phi) is 5.92. The predicted octanol–water partition coefficient (Wildman–Crippen LogP) is 4.68. The first-order valence-electron chi connectivity index (χ1n) is 6.73. The number of carbonyl (C=O) groups is 1. The summed E-state index contributed by atoms with van der Waals surface area (Å²) in [4.78, 5) is 11.7. The van der Waals surface area contributed by atoms with Crippen molar-refractivity contribution in [2.24, 2.45) is 0 Å². The predicted molar refractivity (Wildman–Crippen MR) is 89.3 cm³/mol. The van der Waals surface area contributed by atoms with Crippen LogP contribution in [-0.2, 0) is 11.3 Å². The van der Waals surface area contributed by atoms with Crippen LogP contribution in [0.1, 0.15) is 12.5 Å². The zero-order chi connectivity index (χ0) is 15.9. The average molecular weight is 339 g/mol. The zero-order valence-electron chi connectivity index (χ0n) is 12.0. The summed E-state index contributed by atoms with van der Waals surface area (Å²) in [5.74, 6) is 0. The molecule has 0 spiro atoms. The molecule has 1 atom stereocenters. The van der Waals surface area contributed by atoms with E-state index < -0.39 is 6.09 Å². The van der Waals surface area contributed by atoms with Crippen LogP contribution in [0.5, 0.6) is 0 Å². The molecule has 0 fully saturated rings. The Labute approximate surface area is 139 Å². The molecular formula is C16H16Cl2N2O2. The Morgan fingerprint density at radius 1 is 1.18 bits per heavy atom. The molecule has 2 aromatic rings. The van der Waals surface area contributed by atoms with Crippen LogP contribution in [0.25, 0.3) is 0 Å². The van der Waals surface area contributed by atoms with Gasteiger partial charge in [0.15, 0.2) is 0 Å². The number of halogens is 2. The normalized spacial score (nSPS) is 11.6. The fraction of sp³-hybridized carbons (Fsp3) is 0.188. The Morgan fingerprint density at radius 2 is 1.91 bits per heavy atom. The van der Waals surface area contributed by atoms with Crippen LogP contribution in [-0.4, -0.2) is 12.3 Å². The van der Waals surface area contributed by atoms with E-state index in [1.54, 1.807) is 25.1 Å². The lowest BCUT2D eigenvalue weighted by Crippen LogP contribution is -2.38. The number of amides is 1. The van der Waals surface area contributed by atoms with Gasteiger partial charge < -0.3 is 15.4 Å². The number of nitrogens with one attached hydrogen (secondary N) is 2. The highest BCUT2D eigenvalue weighted by Crippen LogP contribution is 2.25. The number of hydrogen-bond donors (Lipinski definition) is 2. The summed E-state index contributed by atoms with van der Waals surface area (Å²) in [6.45, 7) is 2.01. The molecular weight excluding hydrogens is 323 g/mol. The van der Waals surface area contributed by atoms with Crippen LogP contribution >= 0.6 is 23.2 Å². The Hall–Kier alpha value is -1.91. The zero-order valence-corrected chi connectivity index (χ0v) is 13.5. The van der Waals surface area contributed by atoms with Gasteiger partial charge in [0.1, 0.15) is 6.61 Å². The van der Waals surface area contributed by atoms with E-state index in [0.29, 0.717) is 15.7 Å². The Bertz CT molecular complexity index is 635.